The molecule has 9 nitrogen and oxygen atoms in total. The van der Waals surface area contributed by atoms with Crippen molar-refractivity contribution in [1.29, 1.82) is 0 Å². The van der Waals surface area contributed by atoms with Crippen LogP contribution in [-0.2, 0) is 14.4 Å². The van der Waals surface area contributed by atoms with Crippen LogP contribution in [0.3, 0.4) is 0 Å². The summed E-state index contributed by atoms with van der Waals surface area (Å²) in [7, 11) is 0. The molecule has 1 saturated heterocycles. The van der Waals surface area contributed by atoms with E-state index in [1.165, 1.54) is 4.90 Å². The Labute approximate surface area is 251 Å². The van der Waals surface area contributed by atoms with Gasteiger partial charge in [-0.2, -0.15) is 0 Å². The minimum atomic E-state index is -1.94. The summed E-state index contributed by atoms with van der Waals surface area (Å²) >= 11 is 1.54. The van der Waals surface area contributed by atoms with E-state index < -0.39 is 58.6 Å². The molecule has 2 aliphatic rings. The number of alkyl halides is 1. The second-order valence-electron chi connectivity index (χ2n) is 13.6. The molecular weight excluding hydrogens is 559 g/mol. The van der Waals surface area contributed by atoms with Gasteiger partial charge in [0.2, 0.25) is 11.8 Å². The number of β-amino-alcohol motifs (C(OH)–C–C–N with tert-alkyl or cyclic N) is 1. The minimum Gasteiger partial charge on any atom is -0.488 e. The number of halogens is 1. The molecule has 3 amide bonds. The number of benzene rings is 1. The average molecular weight is 603 g/mol. The summed E-state index contributed by atoms with van der Waals surface area (Å²) in [5.41, 5.74) is 1.25. The summed E-state index contributed by atoms with van der Waals surface area (Å²) in [6.45, 7) is 14.9. The molecule has 11 heteroatoms. The van der Waals surface area contributed by atoms with Crippen LogP contribution in [-0.4, -0.2) is 68.7 Å². The third kappa shape index (κ3) is 7.11. The molecule has 2 heterocycles. The van der Waals surface area contributed by atoms with Crippen molar-refractivity contribution >= 4 is 29.1 Å². The highest BCUT2D eigenvalue weighted by Gasteiger charge is 2.53. The van der Waals surface area contributed by atoms with Crippen molar-refractivity contribution in [2.45, 2.75) is 110 Å². The molecule has 2 fully saturated rings. The highest BCUT2D eigenvalue weighted by Crippen LogP contribution is 2.41. The zero-order valence-electron chi connectivity index (χ0n) is 25.7. The first-order valence-electron chi connectivity index (χ1n) is 14.4. The molecule has 2 aromatic rings. The Balaban J connectivity index is 1.55. The smallest absolute Gasteiger partial charge is 0.258 e. The average Bonchev–Trinajstić information content (AvgIpc) is 3.28. The Morgan fingerprint density at radius 2 is 1.83 bits per heavy atom. The lowest BCUT2D eigenvalue weighted by Crippen LogP contribution is -2.59. The lowest BCUT2D eigenvalue weighted by Gasteiger charge is -2.36. The molecule has 1 aliphatic carbocycles. The fraction of sp³-hybridized carbons (Fsp3) is 0.613. The SMILES string of the molecule is Cc1ncsc1-c1ccc([C@H](C)NC(=O)[C@@H]2C[C@@H](O)CN2C(=O)[C@@H](NC(=O)C2(F)CC2)C(C)(C)C)c(OC(C)(C)C)c1. The second-order valence-corrected chi connectivity index (χ2v) is 14.5. The molecule has 0 bridgehead atoms. The van der Waals surface area contributed by atoms with Crippen LogP contribution in [0.2, 0.25) is 0 Å². The Bertz CT molecular complexity index is 1340. The summed E-state index contributed by atoms with van der Waals surface area (Å²) in [5.74, 6) is -1.14. The van der Waals surface area contributed by atoms with Crippen LogP contribution >= 0.6 is 11.3 Å². The number of hydrogen-bond acceptors (Lipinski definition) is 7. The van der Waals surface area contributed by atoms with Gasteiger partial charge in [0.15, 0.2) is 5.67 Å². The van der Waals surface area contributed by atoms with E-state index in [0.29, 0.717) is 5.75 Å². The topological polar surface area (TPSA) is 121 Å². The molecule has 4 atom stereocenters. The predicted molar refractivity (Wildman–Crippen MR) is 160 cm³/mol. The zero-order valence-corrected chi connectivity index (χ0v) is 26.5. The number of thiazole rings is 1. The van der Waals surface area contributed by atoms with Gasteiger partial charge in [-0.15, -0.1) is 11.3 Å². The molecule has 1 saturated carbocycles. The number of aliphatic hydroxyl groups excluding tert-OH is 1. The number of amides is 3. The highest BCUT2D eigenvalue weighted by molar-refractivity contribution is 7.13. The monoisotopic (exact) mass is 602 g/mol. The van der Waals surface area contributed by atoms with Gasteiger partial charge in [0.1, 0.15) is 23.4 Å². The lowest BCUT2D eigenvalue weighted by atomic mass is 9.85. The summed E-state index contributed by atoms with van der Waals surface area (Å²) in [6, 6.07) is 3.34. The van der Waals surface area contributed by atoms with Crippen LogP contribution < -0.4 is 15.4 Å². The van der Waals surface area contributed by atoms with Gasteiger partial charge < -0.3 is 25.4 Å². The van der Waals surface area contributed by atoms with Crippen molar-refractivity contribution in [2.75, 3.05) is 6.54 Å². The fourth-order valence-electron chi connectivity index (χ4n) is 5.14. The number of carbonyl (C=O) groups excluding carboxylic acids is 3. The lowest BCUT2D eigenvalue weighted by molar-refractivity contribution is -0.145. The van der Waals surface area contributed by atoms with Gasteiger partial charge in [0.05, 0.1) is 28.2 Å². The van der Waals surface area contributed by atoms with Gasteiger partial charge in [0, 0.05) is 18.5 Å². The normalized spacial score (nSPS) is 21.4. The van der Waals surface area contributed by atoms with Crippen molar-refractivity contribution in [3.8, 4) is 16.2 Å². The van der Waals surface area contributed by atoms with E-state index in [9.17, 15) is 23.9 Å². The van der Waals surface area contributed by atoms with Gasteiger partial charge in [-0.1, -0.05) is 32.9 Å². The molecule has 42 heavy (non-hydrogen) atoms. The number of nitrogens with one attached hydrogen (secondary N) is 2. The predicted octanol–water partition coefficient (Wildman–Crippen LogP) is 4.47. The van der Waals surface area contributed by atoms with Gasteiger partial charge in [-0.25, -0.2) is 9.37 Å². The quantitative estimate of drug-likeness (QED) is 0.410. The third-order valence-electron chi connectivity index (χ3n) is 7.61. The first kappa shape index (κ1) is 31.9. The van der Waals surface area contributed by atoms with Crippen LogP contribution in [0.1, 0.15) is 85.0 Å². The number of aryl methyl sites for hydroxylation is 1. The maximum absolute atomic E-state index is 14.5. The standard InChI is InChI=1S/C31H43FN4O5S/c1-17(21-10-9-19(24-18(2)33-16-42-24)13-23(21)41-30(6,7)8)34-26(38)22-14-20(37)15-36(22)27(39)25(29(3,4)5)35-28(40)31(32)11-12-31/h9-10,13,16-17,20,22,25,37H,11-12,14-15H2,1-8H3,(H,34,38)(H,35,40)/t17-,20+,22-,25+/m0/s1. The van der Waals surface area contributed by atoms with E-state index >= 15 is 0 Å². The molecule has 0 unspecified atom stereocenters. The zero-order chi connectivity index (χ0) is 31.2. The Morgan fingerprint density at radius 3 is 2.38 bits per heavy atom. The van der Waals surface area contributed by atoms with Crippen molar-refractivity contribution < 1.29 is 28.6 Å². The number of carbonyl (C=O) groups is 3. The number of aliphatic hydroxyl groups is 1. The minimum absolute atomic E-state index is 0.0527. The van der Waals surface area contributed by atoms with E-state index in [2.05, 4.69) is 15.6 Å². The highest BCUT2D eigenvalue weighted by atomic mass is 32.1. The largest absolute Gasteiger partial charge is 0.488 e. The third-order valence-corrected chi connectivity index (χ3v) is 8.59. The Morgan fingerprint density at radius 1 is 1.17 bits per heavy atom. The fourth-order valence-corrected chi connectivity index (χ4v) is 5.94. The molecule has 230 valence electrons. The van der Waals surface area contributed by atoms with Gasteiger partial charge in [0.25, 0.3) is 5.91 Å². The Kier molecular flexibility index (Phi) is 8.77. The number of hydrogen-bond donors (Lipinski definition) is 3. The molecule has 3 N–H and O–H groups in total. The molecule has 1 aromatic heterocycles. The first-order chi connectivity index (χ1) is 19.4. The molecule has 1 aliphatic heterocycles. The number of nitrogens with zero attached hydrogens (tertiary/aromatic N) is 2. The van der Waals surface area contributed by atoms with Gasteiger partial charge >= 0.3 is 0 Å². The van der Waals surface area contributed by atoms with Crippen molar-refractivity contribution in [3.05, 3.63) is 35.0 Å². The maximum atomic E-state index is 14.5. The van der Waals surface area contributed by atoms with Crippen LogP contribution in [0.5, 0.6) is 5.75 Å². The Hall–Kier alpha value is -3.05. The van der Waals surface area contributed by atoms with E-state index in [1.807, 2.05) is 52.8 Å². The molecule has 4 rings (SSSR count). The van der Waals surface area contributed by atoms with Crippen LogP contribution in [0.25, 0.3) is 10.4 Å². The first-order valence-corrected chi connectivity index (χ1v) is 15.3. The summed E-state index contributed by atoms with van der Waals surface area (Å²) in [4.78, 5) is 46.6. The summed E-state index contributed by atoms with van der Waals surface area (Å²) < 4.78 is 20.8. The number of aromatic nitrogens is 1. The number of likely N-dealkylation sites (tertiary alicyclic amines) is 1. The number of ether oxygens (including phenoxy) is 1. The van der Waals surface area contributed by atoms with Gasteiger partial charge in [-0.05, 0) is 64.5 Å². The molecular formula is C31H43FN4O5S. The maximum Gasteiger partial charge on any atom is 0.258 e. The van der Waals surface area contributed by atoms with Crippen LogP contribution in [0.4, 0.5) is 4.39 Å². The van der Waals surface area contributed by atoms with E-state index in [1.54, 1.807) is 37.6 Å². The molecule has 0 radical (unpaired) electrons. The number of rotatable bonds is 8. The van der Waals surface area contributed by atoms with Gasteiger partial charge in [-0.3, -0.25) is 14.4 Å². The summed E-state index contributed by atoms with van der Waals surface area (Å²) in [5, 5.41) is 16.1. The van der Waals surface area contributed by atoms with Crippen molar-refractivity contribution in [2.24, 2.45) is 5.41 Å². The van der Waals surface area contributed by atoms with Crippen LogP contribution in [0.15, 0.2) is 23.7 Å². The molecule has 1 aromatic carbocycles. The van der Waals surface area contributed by atoms with Crippen molar-refractivity contribution in [1.82, 2.24) is 20.5 Å². The summed E-state index contributed by atoms with van der Waals surface area (Å²) in [6.07, 6.45) is -0.604. The van der Waals surface area contributed by atoms with E-state index in [-0.39, 0.29) is 25.8 Å². The van der Waals surface area contributed by atoms with E-state index in [0.717, 1.165) is 21.7 Å². The van der Waals surface area contributed by atoms with Crippen LogP contribution in [0, 0.1) is 12.3 Å². The van der Waals surface area contributed by atoms with E-state index in [4.69, 9.17) is 4.74 Å². The molecule has 0 spiro atoms. The second kappa shape index (κ2) is 11.6. The van der Waals surface area contributed by atoms with Crippen molar-refractivity contribution in [3.63, 3.8) is 0 Å².